The van der Waals surface area contributed by atoms with E-state index in [2.05, 4.69) is 0 Å². The molecule has 0 aliphatic carbocycles. The molecule has 0 unspecified atom stereocenters. The van der Waals surface area contributed by atoms with Gasteiger partial charge < -0.3 is 15.4 Å². The van der Waals surface area contributed by atoms with Gasteiger partial charge in [-0.25, -0.2) is 0 Å². The monoisotopic (exact) mass is 264 g/mol. The highest BCUT2D eigenvalue weighted by Crippen LogP contribution is 2.14. The molecule has 0 aromatic heterocycles. The maximum absolute atomic E-state index is 12.0. The Bertz CT molecular complexity index is 407. The van der Waals surface area contributed by atoms with Crippen molar-refractivity contribution >= 4 is 5.91 Å². The summed E-state index contributed by atoms with van der Waals surface area (Å²) in [6.45, 7) is 6.91. The van der Waals surface area contributed by atoms with Gasteiger partial charge in [0.25, 0.3) is 0 Å². The largest absolute Gasteiger partial charge is 0.494 e. The number of carbonyl (C=O) groups excluding carboxylic acids is 1. The number of carbonyl (C=O) groups is 1. The standard InChI is InChI=1S/C15H24N2O2/c1-5-19-13-8-6-12(7-9-13)11-17(4)14(18)10-15(2,3)16/h6-9H,5,10-11,16H2,1-4H3. The molecule has 0 heterocycles. The predicted octanol–water partition coefficient (Wildman–Crippen LogP) is 2.17. The molecule has 0 saturated heterocycles. The Morgan fingerprint density at radius 3 is 2.37 bits per heavy atom. The zero-order chi connectivity index (χ0) is 14.5. The van der Waals surface area contributed by atoms with E-state index in [-0.39, 0.29) is 5.91 Å². The molecule has 0 spiro atoms. The summed E-state index contributed by atoms with van der Waals surface area (Å²) in [7, 11) is 1.80. The average molecular weight is 264 g/mol. The molecule has 0 aliphatic rings. The van der Waals surface area contributed by atoms with Crippen molar-refractivity contribution in [2.24, 2.45) is 5.73 Å². The van der Waals surface area contributed by atoms with Crippen molar-refractivity contribution in [1.29, 1.82) is 0 Å². The minimum absolute atomic E-state index is 0.0568. The lowest BCUT2D eigenvalue weighted by atomic mass is 10.0. The molecule has 0 bridgehead atoms. The highest BCUT2D eigenvalue weighted by molar-refractivity contribution is 5.77. The molecule has 2 N–H and O–H groups in total. The van der Waals surface area contributed by atoms with Gasteiger partial charge in [0.15, 0.2) is 0 Å². The summed E-state index contributed by atoms with van der Waals surface area (Å²) in [5, 5.41) is 0. The van der Waals surface area contributed by atoms with Crippen LogP contribution in [-0.4, -0.2) is 30.0 Å². The van der Waals surface area contributed by atoms with E-state index in [4.69, 9.17) is 10.5 Å². The molecule has 4 nitrogen and oxygen atoms in total. The van der Waals surface area contributed by atoms with E-state index in [0.29, 0.717) is 19.6 Å². The number of nitrogens with zero attached hydrogens (tertiary/aromatic N) is 1. The highest BCUT2D eigenvalue weighted by Gasteiger charge is 2.19. The van der Waals surface area contributed by atoms with Gasteiger partial charge in [-0.1, -0.05) is 12.1 Å². The first-order valence-electron chi connectivity index (χ1n) is 6.56. The minimum Gasteiger partial charge on any atom is -0.494 e. The lowest BCUT2D eigenvalue weighted by Gasteiger charge is -2.23. The van der Waals surface area contributed by atoms with E-state index in [1.807, 2.05) is 45.0 Å². The number of rotatable bonds is 6. The maximum Gasteiger partial charge on any atom is 0.224 e. The van der Waals surface area contributed by atoms with Crippen LogP contribution in [0.25, 0.3) is 0 Å². The molecule has 0 aliphatic heterocycles. The summed E-state index contributed by atoms with van der Waals surface area (Å²) < 4.78 is 5.38. The Labute approximate surface area is 115 Å². The Hall–Kier alpha value is -1.55. The highest BCUT2D eigenvalue weighted by atomic mass is 16.5. The molecule has 0 radical (unpaired) electrons. The molecule has 0 atom stereocenters. The van der Waals surface area contributed by atoms with Crippen LogP contribution in [0.2, 0.25) is 0 Å². The van der Waals surface area contributed by atoms with Crippen LogP contribution >= 0.6 is 0 Å². The summed E-state index contributed by atoms with van der Waals surface area (Å²) >= 11 is 0. The van der Waals surface area contributed by atoms with Crippen molar-refractivity contribution < 1.29 is 9.53 Å². The Kier molecular flexibility index (Phi) is 5.36. The second-order valence-electron chi connectivity index (χ2n) is 5.49. The van der Waals surface area contributed by atoms with E-state index in [1.54, 1.807) is 11.9 Å². The Morgan fingerprint density at radius 2 is 1.89 bits per heavy atom. The smallest absolute Gasteiger partial charge is 0.224 e. The third kappa shape index (κ3) is 5.75. The van der Waals surface area contributed by atoms with Gasteiger partial charge in [0.05, 0.1) is 6.61 Å². The summed E-state index contributed by atoms with van der Waals surface area (Å²) in [6.07, 6.45) is 0.348. The van der Waals surface area contributed by atoms with E-state index in [9.17, 15) is 4.79 Å². The minimum atomic E-state index is -0.468. The summed E-state index contributed by atoms with van der Waals surface area (Å²) in [6, 6.07) is 7.79. The van der Waals surface area contributed by atoms with Crippen molar-refractivity contribution in [2.45, 2.75) is 39.3 Å². The van der Waals surface area contributed by atoms with Gasteiger partial charge in [0.1, 0.15) is 5.75 Å². The van der Waals surface area contributed by atoms with Crippen molar-refractivity contribution in [2.75, 3.05) is 13.7 Å². The molecule has 19 heavy (non-hydrogen) atoms. The van der Waals surface area contributed by atoms with Crippen molar-refractivity contribution in [3.63, 3.8) is 0 Å². The van der Waals surface area contributed by atoms with Crippen LogP contribution in [0, 0.1) is 0 Å². The number of hydrogen-bond donors (Lipinski definition) is 1. The second kappa shape index (κ2) is 6.57. The van der Waals surface area contributed by atoms with Gasteiger partial charge in [-0.15, -0.1) is 0 Å². The van der Waals surface area contributed by atoms with Gasteiger partial charge in [-0.3, -0.25) is 4.79 Å². The van der Waals surface area contributed by atoms with Crippen LogP contribution in [0.1, 0.15) is 32.8 Å². The van der Waals surface area contributed by atoms with Crippen molar-refractivity contribution in [3.8, 4) is 5.75 Å². The molecule has 106 valence electrons. The average Bonchev–Trinajstić information content (AvgIpc) is 2.29. The first-order chi connectivity index (χ1) is 8.81. The van der Waals surface area contributed by atoms with Gasteiger partial charge in [-0.05, 0) is 38.5 Å². The number of nitrogens with two attached hydrogens (primary N) is 1. The maximum atomic E-state index is 12.0. The number of ether oxygens (including phenoxy) is 1. The van der Waals surface area contributed by atoms with Gasteiger partial charge in [0, 0.05) is 25.6 Å². The second-order valence-corrected chi connectivity index (χ2v) is 5.49. The third-order valence-electron chi connectivity index (χ3n) is 2.69. The Morgan fingerprint density at radius 1 is 1.32 bits per heavy atom. The fourth-order valence-corrected chi connectivity index (χ4v) is 1.74. The van der Waals surface area contributed by atoms with Crippen molar-refractivity contribution in [1.82, 2.24) is 4.90 Å². The van der Waals surface area contributed by atoms with Crippen LogP contribution < -0.4 is 10.5 Å². The zero-order valence-electron chi connectivity index (χ0n) is 12.3. The number of amides is 1. The molecule has 4 heteroatoms. The predicted molar refractivity (Wildman–Crippen MR) is 77.0 cm³/mol. The molecular weight excluding hydrogens is 240 g/mol. The molecule has 1 rings (SSSR count). The first kappa shape index (κ1) is 15.5. The fraction of sp³-hybridized carbons (Fsp3) is 0.533. The van der Waals surface area contributed by atoms with E-state index in [0.717, 1.165) is 11.3 Å². The molecule has 0 saturated carbocycles. The van der Waals surface area contributed by atoms with Gasteiger partial charge >= 0.3 is 0 Å². The van der Waals surface area contributed by atoms with Crippen LogP contribution in [0.15, 0.2) is 24.3 Å². The van der Waals surface area contributed by atoms with Gasteiger partial charge in [0.2, 0.25) is 5.91 Å². The lowest BCUT2D eigenvalue weighted by molar-refractivity contribution is -0.131. The van der Waals surface area contributed by atoms with E-state index < -0.39 is 5.54 Å². The SMILES string of the molecule is CCOc1ccc(CN(C)C(=O)CC(C)(C)N)cc1. The third-order valence-corrected chi connectivity index (χ3v) is 2.69. The molecule has 0 fully saturated rings. The fourth-order valence-electron chi connectivity index (χ4n) is 1.74. The lowest BCUT2D eigenvalue weighted by Crippen LogP contribution is -2.39. The quantitative estimate of drug-likeness (QED) is 0.856. The number of benzene rings is 1. The van der Waals surface area contributed by atoms with E-state index >= 15 is 0 Å². The normalized spacial score (nSPS) is 11.2. The van der Waals surface area contributed by atoms with Gasteiger partial charge in [-0.2, -0.15) is 0 Å². The molecule has 1 aromatic carbocycles. The molecular formula is C15H24N2O2. The van der Waals surface area contributed by atoms with Crippen LogP contribution in [0.4, 0.5) is 0 Å². The van der Waals surface area contributed by atoms with Crippen molar-refractivity contribution in [3.05, 3.63) is 29.8 Å². The first-order valence-corrected chi connectivity index (χ1v) is 6.56. The number of hydrogen-bond acceptors (Lipinski definition) is 3. The summed E-state index contributed by atoms with van der Waals surface area (Å²) in [5.74, 6) is 0.907. The zero-order valence-corrected chi connectivity index (χ0v) is 12.3. The van der Waals surface area contributed by atoms with Crippen LogP contribution in [-0.2, 0) is 11.3 Å². The topological polar surface area (TPSA) is 55.6 Å². The molecule has 1 aromatic rings. The Balaban J connectivity index is 2.56. The summed E-state index contributed by atoms with van der Waals surface area (Å²) in [5.41, 5.74) is 6.47. The van der Waals surface area contributed by atoms with E-state index in [1.165, 1.54) is 0 Å². The van der Waals surface area contributed by atoms with Crippen LogP contribution in [0.3, 0.4) is 0 Å². The van der Waals surface area contributed by atoms with Crippen LogP contribution in [0.5, 0.6) is 5.75 Å². The summed E-state index contributed by atoms with van der Waals surface area (Å²) in [4.78, 5) is 13.7. The molecule has 1 amide bonds.